The molecule has 0 saturated carbocycles. The molecule has 0 bridgehead atoms. The summed E-state index contributed by atoms with van der Waals surface area (Å²) in [7, 11) is 0. The number of H-pyrrole nitrogens is 1. The van der Waals surface area contributed by atoms with Crippen molar-refractivity contribution in [3.05, 3.63) is 26.6 Å². The molecule has 2 N–H and O–H groups in total. The summed E-state index contributed by atoms with van der Waals surface area (Å²) < 4.78 is 5.49. The Morgan fingerprint density at radius 3 is 3.12 bits per heavy atom. The molecule has 1 fully saturated rings. The van der Waals surface area contributed by atoms with Crippen molar-refractivity contribution < 1.29 is 9.53 Å². The minimum Gasteiger partial charge on any atom is -0.376 e. The Kier molecular flexibility index (Phi) is 4.37. The predicted molar refractivity (Wildman–Crippen MR) is 92.6 cm³/mol. The van der Waals surface area contributed by atoms with E-state index in [0.29, 0.717) is 25.2 Å². The van der Waals surface area contributed by atoms with Gasteiger partial charge in [-0.3, -0.25) is 9.59 Å². The van der Waals surface area contributed by atoms with Gasteiger partial charge < -0.3 is 15.0 Å². The van der Waals surface area contributed by atoms with Gasteiger partial charge in [-0.1, -0.05) is 0 Å². The molecule has 1 unspecified atom stereocenters. The molecule has 1 aliphatic carbocycles. The van der Waals surface area contributed by atoms with Crippen LogP contribution in [0.15, 0.2) is 4.79 Å². The zero-order valence-electron chi connectivity index (χ0n) is 13.5. The van der Waals surface area contributed by atoms with Crippen molar-refractivity contribution in [1.29, 1.82) is 0 Å². The SMILES string of the molecule is O=C(CCc1nc2sc3c(c2c(=O)[nH]1)CCC3)NCC1CCCO1. The molecule has 128 valence electrons. The summed E-state index contributed by atoms with van der Waals surface area (Å²) in [5, 5.41) is 3.66. The van der Waals surface area contributed by atoms with Gasteiger partial charge in [0.25, 0.3) is 5.56 Å². The monoisotopic (exact) mass is 347 g/mol. The molecule has 2 aromatic heterocycles. The van der Waals surface area contributed by atoms with Gasteiger partial charge >= 0.3 is 0 Å². The highest BCUT2D eigenvalue weighted by Gasteiger charge is 2.21. The number of ether oxygens (including phenoxy) is 1. The molecule has 0 spiro atoms. The Bertz CT molecular complexity index is 820. The van der Waals surface area contributed by atoms with Gasteiger partial charge in [0.15, 0.2) is 0 Å². The van der Waals surface area contributed by atoms with Crippen LogP contribution in [0.2, 0.25) is 0 Å². The van der Waals surface area contributed by atoms with E-state index in [-0.39, 0.29) is 17.6 Å². The summed E-state index contributed by atoms with van der Waals surface area (Å²) in [5.74, 6) is 0.571. The van der Waals surface area contributed by atoms with Gasteiger partial charge in [0, 0.05) is 30.9 Å². The number of thiophene rings is 1. The summed E-state index contributed by atoms with van der Waals surface area (Å²) in [6, 6.07) is 0. The second kappa shape index (κ2) is 6.64. The number of hydrogen-bond donors (Lipinski definition) is 2. The Hall–Kier alpha value is -1.73. The van der Waals surface area contributed by atoms with Crippen LogP contribution in [0.4, 0.5) is 0 Å². The van der Waals surface area contributed by atoms with E-state index in [1.54, 1.807) is 11.3 Å². The Balaban J connectivity index is 1.39. The number of carbonyl (C=O) groups is 1. The minimum absolute atomic E-state index is 0.0260. The summed E-state index contributed by atoms with van der Waals surface area (Å²) in [5.41, 5.74) is 1.12. The van der Waals surface area contributed by atoms with Gasteiger partial charge in [0.05, 0.1) is 11.5 Å². The quantitative estimate of drug-likeness (QED) is 0.862. The number of carbonyl (C=O) groups excluding carboxylic acids is 1. The first-order valence-electron chi connectivity index (χ1n) is 8.62. The number of rotatable bonds is 5. The number of fused-ring (bicyclic) bond motifs is 3. The lowest BCUT2D eigenvalue weighted by Crippen LogP contribution is -2.32. The second-order valence-corrected chi connectivity index (χ2v) is 7.57. The van der Waals surface area contributed by atoms with Crippen LogP contribution in [0, 0.1) is 0 Å². The number of nitrogens with one attached hydrogen (secondary N) is 2. The van der Waals surface area contributed by atoms with E-state index >= 15 is 0 Å². The lowest BCUT2D eigenvalue weighted by Gasteiger charge is -2.10. The van der Waals surface area contributed by atoms with Gasteiger partial charge in [0.2, 0.25) is 5.91 Å². The zero-order valence-corrected chi connectivity index (χ0v) is 14.3. The van der Waals surface area contributed by atoms with E-state index in [2.05, 4.69) is 15.3 Å². The van der Waals surface area contributed by atoms with Crippen molar-refractivity contribution in [3.63, 3.8) is 0 Å². The Morgan fingerprint density at radius 1 is 1.38 bits per heavy atom. The molecule has 24 heavy (non-hydrogen) atoms. The van der Waals surface area contributed by atoms with Crippen molar-refractivity contribution in [1.82, 2.24) is 15.3 Å². The third-order valence-corrected chi connectivity index (χ3v) is 5.95. The highest BCUT2D eigenvalue weighted by atomic mass is 32.1. The van der Waals surface area contributed by atoms with Gasteiger partial charge in [-0.05, 0) is 37.7 Å². The molecule has 1 saturated heterocycles. The van der Waals surface area contributed by atoms with Crippen molar-refractivity contribution in [2.24, 2.45) is 0 Å². The molecule has 6 nitrogen and oxygen atoms in total. The first-order valence-corrected chi connectivity index (χ1v) is 9.44. The molecule has 1 aliphatic heterocycles. The first kappa shape index (κ1) is 15.8. The van der Waals surface area contributed by atoms with Crippen LogP contribution < -0.4 is 10.9 Å². The maximum Gasteiger partial charge on any atom is 0.259 e. The van der Waals surface area contributed by atoms with E-state index in [4.69, 9.17) is 4.74 Å². The summed E-state index contributed by atoms with van der Waals surface area (Å²) in [6.07, 6.45) is 6.16. The third kappa shape index (κ3) is 3.10. The smallest absolute Gasteiger partial charge is 0.259 e. The fraction of sp³-hybridized carbons (Fsp3) is 0.588. The fourth-order valence-electron chi connectivity index (χ4n) is 3.52. The predicted octanol–water partition coefficient (Wildman–Crippen LogP) is 1.70. The molecule has 2 aliphatic rings. The van der Waals surface area contributed by atoms with E-state index in [0.717, 1.165) is 48.9 Å². The van der Waals surface area contributed by atoms with Crippen LogP contribution >= 0.6 is 11.3 Å². The van der Waals surface area contributed by atoms with Gasteiger partial charge in [-0.25, -0.2) is 4.98 Å². The molecule has 1 amide bonds. The van der Waals surface area contributed by atoms with E-state index in [1.165, 1.54) is 10.4 Å². The molecule has 0 aromatic carbocycles. The fourth-order valence-corrected chi connectivity index (χ4v) is 4.80. The van der Waals surface area contributed by atoms with Crippen LogP contribution in [-0.2, 0) is 28.8 Å². The minimum atomic E-state index is -0.0610. The molecular formula is C17H21N3O3S. The van der Waals surface area contributed by atoms with Crippen molar-refractivity contribution in [2.45, 2.75) is 51.0 Å². The maximum absolute atomic E-state index is 12.4. The highest BCUT2D eigenvalue weighted by molar-refractivity contribution is 7.18. The van der Waals surface area contributed by atoms with Crippen LogP contribution in [0.1, 0.15) is 41.9 Å². The Morgan fingerprint density at radius 2 is 2.29 bits per heavy atom. The van der Waals surface area contributed by atoms with Crippen LogP contribution in [0.5, 0.6) is 0 Å². The number of nitrogens with zero attached hydrogens (tertiary/aromatic N) is 1. The molecule has 1 atom stereocenters. The van der Waals surface area contributed by atoms with E-state index in [1.807, 2.05) is 0 Å². The van der Waals surface area contributed by atoms with Crippen LogP contribution in [-0.4, -0.2) is 35.1 Å². The normalized spacial score (nSPS) is 19.8. The Labute approximate surface area is 143 Å². The highest BCUT2D eigenvalue weighted by Crippen LogP contribution is 2.34. The lowest BCUT2D eigenvalue weighted by atomic mass is 10.2. The third-order valence-electron chi connectivity index (χ3n) is 4.76. The number of hydrogen-bond acceptors (Lipinski definition) is 5. The molecule has 7 heteroatoms. The van der Waals surface area contributed by atoms with Crippen molar-refractivity contribution in [2.75, 3.05) is 13.2 Å². The molecule has 2 aromatic rings. The maximum atomic E-state index is 12.4. The summed E-state index contributed by atoms with van der Waals surface area (Å²) in [6.45, 7) is 1.36. The van der Waals surface area contributed by atoms with Crippen molar-refractivity contribution >= 4 is 27.5 Å². The summed E-state index contributed by atoms with van der Waals surface area (Å²) in [4.78, 5) is 33.8. The lowest BCUT2D eigenvalue weighted by molar-refractivity contribution is -0.121. The second-order valence-electron chi connectivity index (χ2n) is 6.49. The average Bonchev–Trinajstić information content (AvgIpc) is 3.27. The first-order chi connectivity index (χ1) is 11.7. The van der Waals surface area contributed by atoms with Gasteiger partial charge in [-0.15, -0.1) is 11.3 Å². The number of aryl methyl sites for hydroxylation is 3. The molecule has 3 heterocycles. The number of aromatic amines is 1. The topological polar surface area (TPSA) is 84.1 Å². The molecule has 4 rings (SSSR count). The van der Waals surface area contributed by atoms with E-state index in [9.17, 15) is 9.59 Å². The van der Waals surface area contributed by atoms with Crippen molar-refractivity contribution in [3.8, 4) is 0 Å². The van der Waals surface area contributed by atoms with Gasteiger partial charge in [0.1, 0.15) is 10.7 Å². The van der Waals surface area contributed by atoms with Crippen LogP contribution in [0.3, 0.4) is 0 Å². The largest absolute Gasteiger partial charge is 0.376 e. The average molecular weight is 347 g/mol. The van der Waals surface area contributed by atoms with Crippen LogP contribution in [0.25, 0.3) is 10.2 Å². The summed E-state index contributed by atoms with van der Waals surface area (Å²) >= 11 is 1.63. The van der Waals surface area contributed by atoms with E-state index < -0.39 is 0 Å². The molecule has 0 radical (unpaired) electrons. The number of amides is 1. The number of aromatic nitrogens is 2. The van der Waals surface area contributed by atoms with Gasteiger partial charge in [-0.2, -0.15) is 0 Å². The standard InChI is InChI=1S/C17H21N3O3S/c21-14(18-9-10-3-2-8-23-10)7-6-13-19-16(22)15-11-4-1-5-12(11)24-17(15)20-13/h10H,1-9H2,(H,18,21)(H,19,20,22). The zero-order chi connectivity index (χ0) is 16.5. The molecular weight excluding hydrogens is 326 g/mol.